The molecule has 0 radical (unpaired) electrons. The van der Waals surface area contributed by atoms with E-state index in [1.54, 1.807) is 0 Å². The van der Waals surface area contributed by atoms with E-state index >= 15 is 0 Å². The third-order valence-corrected chi connectivity index (χ3v) is 5.73. The molecule has 0 amide bonds. The van der Waals surface area contributed by atoms with E-state index in [2.05, 4.69) is 6.92 Å². The summed E-state index contributed by atoms with van der Waals surface area (Å²) in [5, 5.41) is 0. The van der Waals surface area contributed by atoms with Crippen LogP contribution in [-0.4, -0.2) is 19.5 Å². The maximum Gasteiger partial charge on any atom is 0.157 e. The molecule has 0 aromatic rings. The predicted octanol–water partition coefficient (Wildman–Crippen LogP) is 8.18. The molecule has 156 valence electrons. The highest BCUT2D eigenvalue weighted by Gasteiger charge is 2.14. The Morgan fingerprint density at radius 1 is 0.462 bits per heavy atom. The Hall–Kier alpha value is -0.0800. The lowest BCUT2D eigenvalue weighted by Gasteiger charge is -2.08. The Labute approximate surface area is 164 Å². The van der Waals surface area contributed by atoms with E-state index < -0.39 is 0 Å². The van der Waals surface area contributed by atoms with Gasteiger partial charge in [0, 0.05) is 0 Å². The fourth-order valence-corrected chi connectivity index (χ4v) is 3.96. The minimum atomic E-state index is 0.112. The lowest BCUT2D eigenvalue weighted by Crippen LogP contribution is -2.06. The van der Waals surface area contributed by atoms with Crippen molar-refractivity contribution in [1.82, 2.24) is 0 Å². The molecule has 2 heteroatoms. The highest BCUT2D eigenvalue weighted by molar-refractivity contribution is 4.54. The quantitative estimate of drug-likeness (QED) is 0.202. The van der Waals surface area contributed by atoms with Crippen LogP contribution in [-0.2, 0) is 9.47 Å². The molecule has 1 aliphatic rings. The van der Waals surface area contributed by atoms with E-state index in [0.717, 1.165) is 19.6 Å². The van der Waals surface area contributed by atoms with Crippen LogP contribution in [0.2, 0.25) is 0 Å². The molecule has 1 aliphatic heterocycles. The van der Waals surface area contributed by atoms with Crippen LogP contribution in [0.15, 0.2) is 0 Å². The van der Waals surface area contributed by atoms with Crippen molar-refractivity contribution in [3.05, 3.63) is 0 Å². The van der Waals surface area contributed by atoms with Crippen LogP contribution in [0.3, 0.4) is 0 Å². The molecule has 0 aliphatic carbocycles. The van der Waals surface area contributed by atoms with Crippen molar-refractivity contribution in [3.63, 3.8) is 0 Å². The van der Waals surface area contributed by atoms with Crippen molar-refractivity contribution in [2.45, 2.75) is 142 Å². The van der Waals surface area contributed by atoms with Gasteiger partial charge in [-0.05, 0) is 12.8 Å². The average Bonchev–Trinajstić information content (AvgIpc) is 3.17. The van der Waals surface area contributed by atoms with Crippen molar-refractivity contribution in [1.29, 1.82) is 0 Å². The van der Waals surface area contributed by atoms with E-state index in [-0.39, 0.29) is 6.29 Å². The van der Waals surface area contributed by atoms with E-state index in [0.29, 0.717) is 0 Å². The van der Waals surface area contributed by atoms with Gasteiger partial charge >= 0.3 is 0 Å². The number of hydrogen-bond donors (Lipinski definition) is 0. The zero-order valence-electron chi connectivity index (χ0n) is 18.0. The second-order valence-electron chi connectivity index (χ2n) is 8.32. The van der Waals surface area contributed by atoms with Gasteiger partial charge in [0.2, 0.25) is 0 Å². The Morgan fingerprint density at radius 3 is 1.12 bits per heavy atom. The minimum absolute atomic E-state index is 0.112. The van der Waals surface area contributed by atoms with Gasteiger partial charge < -0.3 is 9.47 Å². The van der Waals surface area contributed by atoms with E-state index in [1.165, 1.54) is 122 Å². The summed E-state index contributed by atoms with van der Waals surface area (Å²) in [7, 11) is 0. The maximum atomic E-state index is 5.47. The molecule has 0 atom stereocenters. The summed E-state index contributed by atoms with van der Waals surface area (Å²) < 4.78 is 10.9. The summed E-state index contributed by atoms with van der Waals surface area (Å²) in [5.41, 5.74) is 0. The van der Waals surface area contributed by atoms with Crippen LogP contribution in [0, 0.1) is 0 Å². The van der Waals surface area contributed by atoms with Crippen LogP contribution < -0.4 is 0 Å². The zero-order valence-corrected chi connectivity index (χ0v) is 18.0. The van der Waals surface area contributed by atoms with Crippen molar-refractivity contribution in [3.8, 4) is 0 Å². The standard InChI is InChI=1S/C24H48O2/c1-2-3-4-5-6-7-8-9-10-11-12-13-14-15-16-17-18-19-20-21-24-25-22-23-26-24/h24H,2-23H2,1H3. The summed E-state index contributed by atoms with van der Waals surface area (Å²) in [6.07, 6.45) is 28.5. The van der Waals surface area contributed by atoms with Crippen molar-refractivity contribution < 1.29 is 9.47 Å². The molecule has 0 N–H and O–H groups in total. The van der Waals surface area contributed by atoms with Gasteiger partial charge in [-0.1, -0.05) is 122 Å². The van der Waals surface area contributed by atoms with Gasteiger partial charge in [-0.15, -0.1) is 0 Å². The molecule has 0 spiro atoms. The van der Waals surface area contributed by atoms with Crippen molar-refractivity contribution >= 4 is 0 Å². The van der Waals surface area contributed by atoms with Gasteiger partial charge in [0.05, 0.1) is 13.2 Å². The molecule has 0 aromatic carbocycles. The third kappa shape index (κ3) is 16.1. The van der Waals surface area contributed by atoms with Crippen LogP contribution in [0.5, 0.6) is 0 Å². The first-order valence-electron chi connectivity index (χ1n) is 12.2. The van der Waals surface area contributed by atoms with Gasteiger partial charge in [0.15, 0.2) is 6.29 Å². The van der Waals surface area contributed by atoms with E-state index in [1.807, 2.05) is 0 Å². The molecule has 2 nitrogen and oxygen atoms in total. The van der Waals surface area contributed by atoms with Gasteiger partial charge in [-0.2, -0.15) is 0 Å². The summed E-state index contributed by atoms with van der Waals surface area (Å²) >= 11 is 0. The molecule has 1 heterocycles. The Bertz CT molecular complexity index is 261. The van der Waals surface area contributed by atoms with Gasteiger partial charge in [0.1, 0.15) is 0 Å². The minimum Gasteiger partial charge on any atom is -0.350 e. The van der Waals surface area contributed by atoms with Crippen LogP contribution in [0.1, 0.15) is 135 Å². The molecule has 0 unspecified atom stereocenters. The smallest absolute Gasteiger partial charge is 0.157 e. The fourth-order valence-electron chi connectivity index (χ4n) is 3.96. The molecule has 0 aromatic heterocycles. The van der Waals surface area contributed by atoms with Gasteiger partial charge in [-0.3, -0.25) is 0 Å². The molecule has 26 heavy (non-hydrogen) atoms. The molecule has 0 bridgehead atoms. The summed E-state index contributed by atoms with van der Waals surface area (Å²) in [5.74, 6) is 0. The Kier molecular flexibility index (Phi) is 18.1. The molecule has 1 rings (SSSR count). The number of hydrogen-bond acceptors (Lipinski definition) is 2. The Morgan fingerprint density at radius 2 is 0.769 bits per heavy atom. The molecule has 1 fully saturated rings. The average molecular weight is 369 g/mol. The number of unbranched alkanes of at least 4 members (excludes halogenated alkanes) is 18. The number of rotatable bonds is 20. The topological polar surface area (TPSA) is 18.5 Å². The van der Waals surface area contributed by atoms with Crippen molar-refractivity contribution in [2.75, 3.05) is 13.2 Å². The largest absolute Gasteiger partial charge is 0.350 e. The van der Waals surface area contributed by atoms with Crippen LogP contribution in [0.25, 0.3) is 0 Å². The highest BCUT2D eigenvalue weighted by Crippen LogP contribution is 2.16. The molecule has 0 saturated carbocycles. The second-order valence-corrected chi connectivity index (χ2v) is 8.32. The zero-order chi connectivity index (χ0) is 18.5. The highest BCUT2D eigenvalue weighted by atomic mass is 16.7. The van der Waals surface area contributed by atoms with Gasteiger partial charge in [0.25, 0.3) is 0 Å². The summed E-state index contributed by atoms with van der Waals surface area (Å²) in [4.78, 5) is 0. The van der Waals surface area contributed by atoms with Crippen molar-refractivity contribution in [2.24, 2.45) is 0 Å². The maximum absolute atomic E-state index is 5.47. The van der Waals surface area contributed by atoms with Crippen LogP contribution in [0.4, 0.5) is 0 Å². The SMILES string of the molecule is CCCCCCCCCCCCCCCCCCCCCC1OCCO1. The predicted molar refractivity (Wildman–Crippen MR) is 114 cm³/mol. The molecule has 1 saturated heterocycles. The van der Waals surface area contributed by atoms with E-state index in [9.17, 15) is 0 Å². The first-order chi connectivity index (χ1) is 12.9. The number of ether oxygens (including phenoxy) is 2. The third-order valence-electron chi connectivity index (χ3n) is 5.73. The fraction of sp³-hybridized carbons (Fsp3) is 1.00. The lowest BCUT2D eigenvalue weighted by molar-refractivity contribution is -0.0480. The summed E-state index contributed by atoms with van der Waals surface area (Å²) in [6.45, 7) is 3.89. The molecular formula is C24H48O2. The van der Waals surface area contributed by atoms with E-state index in [4.69, 9.17) is 9.47 Å². The van der Waals surface area contributed by atoms with Gasteiger partial charge in [-0.25, -0.2) is 0 Å². The molecular weight excluding hydrogens is 320 g/mol. The summed E-state index contributed by atoms with van der Waals surface area (Å²) in [6, 6.07) is 0. The Balaban J connectivity index is 1.62. The monoisotopic (exact) mass is 368 g/mol. The normalized spacial score (nSPS) is 15.1. The second kappa shape index (κ2) is 19.7. The van der Waals surface area contributed by atoms with Crippen LogP contribution >= 0.6 is 0 Å². The first-order valence-corrected chi connectivity index (χ1v) is 12.2. The lowest BCUT2D eigenvalue weighted by atomic mass is 10.0. The first kappa shape index (κ1) is 24.0.